The van der Waals surface area contributed by atoms with Crippen molar-refractivity contribution in [3.63, 3.8) is 0 Å². The number of carbonyl (C=O) groups is 2. The maximum atomic E-state index is 12.4. The SMILES string of the molecule is CC1Oc2c(cccc2C(=O)NC2CCCNC2)NC1=O. The van der Waals surface area contributed by atoms with Crippen LogP contribution in [0, 0.1) is 0 Å². The van der Waals surface area contributed by atoms with Crippen LogP contribution in [0.4, 0.5) is 5.69 Å². The van der Waals surface area contributed by atoms with E-state index < -0.39 is 6.10 Å². The molecule has 2 heterocycles. The van der Waals surface area contributed by atoms with E-state index in [9.17, 15) is 9.59 Å². The van der Waals surface area contributed by atoms with E-state index in [0.717, 1.165) is 25.9 Å². The second-order valence-corrected chi connectivity index (χ2v) is 5.45. The summed E-state index contributed by atoms with van der Waals surface area (Å²) in [6, 6.07) is 5.33. The van der Waals surface area contributed by atoms with Gasteiger partial charge in [0, 0.05) is 12.6 Å². The van der Waals surface area contributed by atoms with Crippen molar-refractivity contribution in [2.75, 3.05) is 18.4 Å². The standard InChI is InChI=1S/C15H19N3O3/c1-9-14(19)18-12-6-2-5-11(13(12)21-9)15(20)17-10-4-3-7-16-8-10/h2,5-6,9-10,16H,3-4,7-8H2,1H3,(H,17,20)(H,18,19). The summed E-state index contributed by atoms with van der Waals surface area (Å²) < 4.78 is 5.60. The summed E-state index contributed by atoms with van der Waals surface area (Å²) in [5.74, 6) is 0.0892. The van der Waals surface area contributed by atoms with E-state index in [-0.39, 0.29) is 17.9 Å². The summed E-state index contributed by atoms with van der Waals surface area (Å²) >= 11 is 0. The Morgan fingerprint density at radius 1 is 1.43 bits per heavy atom. The fourth-order valence-corrected chi connectivity index (χ4v) is 2.64. The molecule has 0 aromatic heterocycles. The number of hydrogen-bond donors (Lipinski definition) is 3. The molecule has 1 aromatic carbocycles. The van der Waals surface area contributed by atoms with Crippen LogP contribution in [-0.2, 0) is 4.79 Å². The molecule has 6 heteroatoms. The normalized spacial score (nSPS) is 24.5. The minimum atomic E-state index is -0.595. The lowest BCUT2D eigenvalue weighted by Gasteiger charge is -2.27. The molecule has 1 fully saturated rings. The zero-order valence-electron chi connectivity index (χ0n) is 11.9. The van der Waals surface area contributed by atoms with E-state index in [1.165, 1.54) is 0 Å². The van der Waals surface area contributed by atoms with Crippen molar-refractivity contribution in [2.24, 2.45) is 0 Å². The highest BCUT2D eigenvalue weighted by Gasteiger charge is 2.28. The molecule has 2 aliphatic heterocycles. The van der Waals surface area contributed by atoms with Crippen LogP contribution >= 0.6 is 0 Å². The molecule has 3 rings (SSSR count). The van der Waals surface area contributed by atoms with Crippen LogP contribution in [0.2, 0.25) is 0 Å². The van der Waals surface area contributed by atoms with Gasteiger partial charge in [0.15, 0.2) is 11.9 Å². The van der Waals surface area contributed by atoms with Crippen LogP contribution in [0.25, 0.3) is 0 Å². The molecule has 1 aromatic rings. The van der Waals surface area contributed by atoms with Gasteiger partial charge in [-0.25, -0.2) is 0 Å². The summed E-state index contributed by atoms with van der Waals surface area (Å²) in [5.41, 5.74) is 1.01. The summed E-state index contributed by atoms with van der Waals surface area (Å²) in [7, 11) is 0. The van der Waals surface area contributed by atoms with Gasteiger partial charge in [-0.15, -0.1) is 0 Å². The Morgan fingerprint density at radius 3 is 3.05 bits per heavy atom. The van der Waals surface area contributed by atoms with E-state index in [1.807, 2.05) is 0 Å². The molecular formula is C15H19N3O3. The van der Waals surface area contributed by atoms with E-state index in [0.29, 0.717) is 17.0 Å². The first-order valence-electron chi connectivity index (χ1n) is 7.27. The summed E-state index contributed by atoms with van der Waals surface area (Å²) in [5, 5.41) is 9.03. The van der Waals surface area contributed by atoms with E-state index in [1.54, 1.807) is 25.1 Å². The lowest BCUT2D eigenvalue weighted by atomic mass is 10.1. The highest BCUT2D eigenvalue weighted by atomic mass is 16.5. The lowest BCUT2D eigenvalue weighted by Crippen LogP contribution is -2.46. The molecule has 21 heavy (non-hydrogen) atoms. The van der Waals surface area contributed by atoms with Crippen molar-refractivity contribution in [1.82, 2.24) is 10.6 Å². The Bertz CT molecular complexity index is 567. The first kappa shape index (κ1) is 13.9. The Kier molecular flexibility index (Phi) is 3.79. The number of fused-ring (bicyclic) bond motifs is 1. The number of para-hydroxylation sites is 1. The zero-order chi connectivity index (χ0) is 14.8. The van der Waals surface area contributed by atoms with Gasteiger partial charge >= 0.3 is 0 Å². The second-order valence-electron chi connectivity index (χ2n) is 5.45. The number of hydrogen-bond acceptors (Lipinski definition) is 4. The van der Waals surface area contributed by atoms with Gasteiger partial charge in [0.1, 0.15) is 0 Å². The van der Waals surface area contributed by atoms with Crippen molar-refractivity contribution >= 4 is 17.5 Å². The number of benzene rings is 1. The van der Waals surface area contributed by atoms with Crippen LogP contribution in [-0.4, -0.2) is 37.0 Å². The largest absolute Gasteiger partial charge is 0.478 e. The van der Waals surface area contributed by atoms with Crippen LogP contribution < -0.4 is 20.7 Å². The third-order valence-corrected chi connectivity index (χ3v) is 3.81. The Morgan fingerprint density at radius 2 is 2.29 bits per heavy atom. The van der Waals surface area contributed by atoms with Crippen LogP contribution in [0.5, 0.6) is 5.75 Å². The number of rotatable bonds is 2. The predicted molar refractivity (Wildman–Crippen MR) is 78.5 cm³/mol. The van der Waals surface area contributed by atoms with Gasteiger partial charge in [-0.05, 0) is 38.4 Å². The van der Waals surface area contributed by atoms with Crippen molar-refractivity contribution in [3.8, 4) is 5.75 Å². The lowest BCUT2D eigenvalue weighted by molar-refractivity contribution is -0.122. The van der Waals surface area contributed by atoms with Gasteiger partial charge in [0.05, 0.1) is 11.3 Å². The average Bonchev–Trinajstić information content (AvgIpc) is 2.49. The summed E-state index contributed by atoms with van der Waals surface area (Å²) in [6.07, 6.45) is 1.44. The van der Waals surface area contributed by atoms with E-state index in [2.05, 4.69) is 16.0 Å². The minimum absolute atomic E-state index is 0.137. The van der Waals surface area contributed by atoms with Crippen molar-refractivity contribution in [2.45, 2.75) is 31.9 Å². The molecule has 2 unspecified atom stereocenters. The van der Waals surface area contributed by atoms with E-state index >= 15 is 0 Å². The highest BCUT2D eigenvalue weighted by molar-refractivity contribution is 6.04. The van der Waals surface area contributed by atoms with Crippen molar-refractivity contribution in [1.29, 1.82) is 0 Å². The fraction of sp³-hybridized carbons (Fsp3) is 0.467. The molecule has 2 atom stereocenters. The van der Waals surface area contributed by atoms with Gasteiger partial charge in [0.25, 0.3) is 11.8 Å². The molecule has 0 spiro atoms. The first-order valence-corrected chi connectivity index (χ1v) is 7.27. The summed E-state index contributed by atoms with van der Waals surface area (Å²) in [4.78, 5) is 24.1. The van der Waals surface area contributed by atoms with Gasteiger partial charge < -0.3 is 20.7 Å². The molecule has 2 aliphatic rings. The quantitative estimate of drug-likeness (QED) is 0.755. The average molecular weight is 289 g/mol. The molecule has 0 radical (unpaired) electrons. The smallest absolute Gasteiger partial charge is 0.265 e. The van der Waals surface area contributed by atoms with Crippen molar-refractivity contribution in [3.05, 3.63) is 23.8 Å². The maximum Gasteiger partial charge on any atom is 0.265 e. The van der Waals surface area contributed by atoms with Gasteiger partial charge in [-0.2, -0.15) is 0 Å². The molecule has 1 saturated heterocycles. The number of ether oxygens (including phenoxy) is 1. The first-order chi connectivity index (χ1) is 10.1. The molecule has 3 N–H and O–H groups in total. The minimum Gasteiger partial charge on any atom is -0.478 e. The number of piperidine rings is 1. The monoisotopic (exact) mass is 289 g/mol. The topological polar surface area (TPSA) is 79.5 Å². The summed E-state index contributed by atoms with van der Waals surface area (Å²) in [6.45, 7) is 3.45. The third kappa shape index (κ3) is 2.85. The zero-order valence-corrected chi connectivity index (χ0v) is 11.9. The Hall–Kier alpha value is -2.08. The predicted octanol–water partition coefficient (Wildman–Crippen LogP) is 0.888. The molecular weight excluding hydrogens is 270 g/mol. The van der Waals surface area contributed by atoms with Gasteiger partial charge in [-0.1, -0.05) is 6.07 Å². The Labute approximate surface area is 123 Å². The molecule has 2 amide bonds. The maximum absolute atomic E-state index is 12.4. The third-order valence-electron chi connectivity index (χ3n) is 3.81. The number of carbonyl (C=O) groups excluding carboxylic acids is 2. The van der Waals surface area contributed by atoms with Crippen LogP contribution in [0.1, 0.15) is 30.1 Å². The molecule has 0 aliphatic carbocycles. The number of nitrogens with one attached hydrogen (secondary N) is 3. The number of amides is 2. The number of anilines is 1. The van der Waals surface area contributed by atoms with Crippen LogP contribution in [0.15, 0.2) is 18.2 Å². The van der Waals surface area contributed by atoms with Gasteiger partial charge in [0.2, 0.25) is 0 Å². The van der Waals surface area contributed by atoms with Gasteiger partial charge in [-0.3, -0.25) is 9.59 Å². The Balaban J connectivity index is 1.80. The molecule has 0 bridgehead atoms. The fourth-order valence-electron chi connectivity index (χ4n) is 2.64. The molecule has 112 valence electrons. The van der Waals surface area contributed by atoms with Crippen LogP contribution in [0.3, 0.4) is 0 Å². The second kappa shape index (κ2) is 5.73. The van der Waals surface area contributed by atoms with E-state index in [4.69, 9.17) is 4.74 Å². The van der Waals surface area contributed by atoms with Crippen molar-refractivity contribution < 1.29 is 14.3 Å². The highest BCUT2D eigenvalue weighted by Crippen LogP contribution is 2.33. The molecule has 6 nitrogen and oxygen atoms in total. The molecule has 0 saturated carbocycles.